The Labute approximate surface area is 154 Å². The second kappa shape index (κ2) is 7.96. The Bertz CT molecular complexity index is 857. The van der Waals surface area contributed by atoms with Crippen molar-refractivity contribution in [2.24, 2.45) is 4.99 Å². The van der Waals surface area contributed by atoms with Gasteiger partial charge in [0.15, 0.2) is 5.17 Å². The van der Waals surface area contributed by atoms with E-state index in [1.54, 1.807) is 18.3 Å². The summed E-state index contributed by atoms with van der Waals surface area (Å²) in [5.41, 5.74) is 1.14. The molecule has 134 valence electrons. The smallest absolute Gasteiger partial charge is 0.293 e. The summed E-state index contributed by atoms with van der Waals surface area (Å²) >= 11 is 1.45. The number of aromatic nitrogens is 1. The van der Waals surface area contributed by atoms with Gasteiger partial charge >= 0.3 is 0 Å². The average Bonchev–Trinajstić information content (AvgIpc) is 3.15. The van der Waals surface area contributed by atoms with Crippen molar-refractivity contribution in [1.82, 2.24) is 10.3 Å². The molecule has 0 aliphatic carbocycles. The molecule has 1 aliphatic heterocycles. The van der Waals surface area contributed by atoms with Crippen LogP contribution in [0, 0.1) is 10.1 Å². The van der Waals surface area contributed by atoms with Crippen LogP contribution in [0.25, 0.3) is 0 Å². The molecule has 0 saturated heterocycles. The van der Waals surface area contributed by atoms with E-state index in [1.165, 1.54) is 23.9 Å². The predicted molar refractivity (Wildman–Crippen MR) is 102 cm³/mol. The number of amides is 1. The molecule has 0 saturated carbocycles. The fourth-order valence-corrected chi connectivity index (χ4v) is 3.19. The zero-order valence-electron chi connectivity index (χ0n) is 14.0. The number of rotatable bonds is 5. The molecule has 0 radical (unpaired) electrons. The molecule has 0 bridgehead atoms. The average molecular weight is 371 g/mol. The molecule has 8 nitrogen and oxygen atoms in total. The number of hydrogen-bond donors (Lipinski definition) is 2. The molecule has 1 unspecified atom stereocenters. The minimum Gasteiger partial charge on any atom is -0.371 e. The number of carbonyl (C=O) groups is 1. The maximum absolute atomic E-state index is 12.3. The van der Waals surface area contributed by atoms with E-state index < -0.39 is 10.8 Å². The van der Waals surface area contributed by atoms with Crippen LogP contribution in [0.15, 0.2) is 47.6 Å². The van der Waals surface area contributed by atoms with Gasteiger partial charge in [-0.2, -0.15) is 0 Å². The molecular weight excluding hydrogens is 354 g/mol. The van der Waals surface area contributed by atoms with Gasteiger partial charge in [-0.15, -0.1) is 0 Å². The van der Waals surface area contributed by atoms with Crippen LogP contribution >= 0.6 is 11.8 Å². The highest BCUT2D eigenvalue weighted by atomic mass is 32.2. The molecule has 3 rings (SSSR count). The second-order valence-electron chi connectivity index (χ2n) is 5.60. The molecule has 2 aromatic rings. The third kappa shape index (κ3) is 4.17. The van der Waals surface area contributed by atoms with Gasteiger partial charge < -0.3 is 10.6 Å². The maximum Gasteiger partial charge on any atom is 0.293 e. The van der Waals surface area contributed by atoms with Crippen LogP contribution in [0.5, 0.6) is 0 Å². The fourth-order valence-electron chi connectivity index (χ4n) is 2.47. The van der Waals surface area contributed by atoms with E-state index >= 15 is 0 Å². The van der Waals surface area contributed by atoms with Crippen LogP contribution in [0.3, 0.4) is 0 Å². The molecule has 26 heavy (non-hydrogen) atoms. The quantitative estimate of drug-likeness (QED) is 0.618. The van der Waals surface area contributed by atoms with Crippen molar-refractivity contribution < 1.29 is 9.72 Å². The van der Waals surface area contributed by atoms with Gasteiger partial charge in [-0.25, -0.2) is 0 Å². The molecule has 1 aromatic carbocycles. The normalized spacial score (nSPS) is 14.4. The topological polar surface area (TPSA) is 110 Å². The first kappa shape index (κ1) is 17.9. The lowest BCUT2D eigenvalue weighted by molar-refractivity contribution is -0.384. The minimum atomic E-state index is -0.508. The van der Waals surface area contributed by atoms with E-state index in [0.29, 0.717) is 17.4 Å². The lowest BCUT2D eigenvalue weighted by Crippen LogP contribution is -2.27. The molecule has 0 fully saturated rings. The zero-order valence-corrected chi connectivity index (χ0v) is 14.8. The van der Waals surface area contributed by atoms with Crippen molar-refractivity contribution in [3.63, 3.8) is 0 Å². The van der Waals surface area contributed by atoms with Crippen molar-refractivity contribution in [1.29, 1.82) is 0 Å². The van der Waals surface area contributed by atoms with E-state index in [4.69, 9.17) is 0 Å². The van der Waals surface area contributed by atoms with Crippen LogP contribution in [0.4, 0.5) is 11.4 Å². The summed E-state index contributed by atoms with van der Waals surface area (Å²) in [4.78, 5) is 31.6. The number of pyridine rings is 1. The van der Waals surface area contributed by atoms with Crippen molar-refractivity contribution in [2.75, 3.05) is 17.6 Å². The van der Waals surface area contributed by atoms with Crippen molar-refractivity contribution in [2.45, 2.75) is 13.0 Å². The number of anilines is 1. The molecule has 9 heteroatoms. The number of hydrogen-bond acceptors (Lipinski definition) is 7. The number of aliphatic imine (C=N–C) groups is 1. The monoisotopic (exact) mass is 371 g/mol. The summed E-state index contributed by atoms with van der Waals surface area (Å²) in [5.74, 6) is 0.412. The lowest BCUT2D eigenvalue weighted by atomic mass is 10.1. The number of nitrogens with one attached hydrogen (secondary N) is 2. The Morgan fingerprint density at radius 2 is 2.19 bits per heavy atom. The highest BCUT2D eigenvalue weighted by molar-refractivity contribution is 8.14. The Kier molecular flexibility index (Phi) is 5.47. The van der Waals surface area contributed by atoms with Gasteiger partial charge in [0, 0.05) is 23.6 Å². The Balaban J connectivity index is 1.80. The van der Waals surface area contributed by atoms with Crippen LogP contribution < -0.4 is 10.6 Å². The summed E-state index contributed by atoms with van der Waals surface area (Å²) in [6.45, 7) is 2.52. The summed E-state index contributed by atoms with van der Waals surface area (Å²) in [6, 6.07) is 9.63. The SMILES string of the molecule is CC(Nc1ccc(C(=O)NC2=NCCS2)cc1[N+](=O)[O-])c1ccccn1. The van der Waals surface area contributed by atoms with E-state index in [-0.39, 0.29) is 17.3 Å². The molecule has 1 amide bonds. The molecule has 1 atom stereocenters. The van der Waals surface area contributed by atoms with Crippen molar-refractivity contribution in [3.05, 3.63) is 64.0 Å². The first-order valence-corrected chi connectivity index (χ1v) is 8.97. The Morgan fingerprint density at radius 3 is 2.85 bits per heavy atom. The Morgan fingerprint density at radius 1 is 1.35 bits per heavy atom. The molecule has 0 spiro atoms. The number of carbonyl (C=O) groups excluding carboxylic acids is 1. The number of amidine groups is 1. The predicted octanol–water partition coefficient (Wildman–Crippen LogP) is 3.00. The lowest BCUT2D eigenvalue weighted by Gasteiger charge is -2.15. The van der Waals surface area contributed by atoms with Gasteiger partial charge in [0.05, 0.1) is 23.2 Å². The largest absolute Gasteiger partial charge is 0.371 e. The van der Waals surface area contributed by atoms with Gasteiger partial charge in [0.1, 0.15) is 5.69 Å². The molecule has 1 aliphatic rings. The van der Waals surface area contributed by atoms with Crippen molar-refractivity contribution in [3.8, 4) is 0 Å². The van der Waals surface area contributed by atoms with Gasteiger partial charge in [-0.3, -0.25) is 24.9 Å². The van der Waals surface area contributed by atoms with E-state index in [1.807, 2.05) is 19.1 Å². The van der Waals surface area contributed by atoms with Gasteiger partial charge in [-0.1, -0.05) is 17.8 Å². The first-order valence-electron chi connectivity index (χ1n) is 7.99. The molecule has 1 aromatic heterocycles. The van der Waals surface area contributed by atoms with E-state index in [0.717, 1.165) is 11.4 Å². The van der Waals surface area contributed by atoms with E-state index in [2.05, 4.69) is 20.6 Å². The van der Waals surface area contributed by atoms with Crippen molar-refractivity contribution >= 4 is 34.2 Å². The Hall–Kier alpha value is -2.94. The first-order chi connectivity index (χ1) is 12.5. The van der Waals surface area contributed by atoms with Crippen LogP contribution in [-0.2, 0) is 0 Å². The minimum absolute atomic E-state index is 0.165. The zero-order chi connectivity index (χ0) is 18.5. The number of nitro benzene ring substituents is 1. The van der Waals surface area contributed by atoms with Crippen LogP contribution in [0.2, 0.25) is 0 Å². The number of benzene rings is 1. The van der Waals surface area contributed by atoms with Crippen LogP contribution in [-0.4, -0.2) is 33.3 Å². The highest BCUT2D eigenvalue weighted by Gasteiger charge is 2.20. The summed E-state index contributed by atoms with van der Waals surface area (Å²) in [7, 11) is 0. The molecule has 2 N–H and O–H groups in total. The summed E-state index contributed by atoms with van der Waals surface area (Å²) in [5, 5.41) is 17.7. The number of nitrogens with zero attached hydrogens (tertiary/aromatic N) is 3. The number of thioether (sulfide) groups is 1. The van der Waals surface area contributed by atoms with Gasteiger partial charge in [0.25, 0.3) is 11.6 Å². The number of nitro groups is 1. The summed E-state index contributed by atoms with van der Waals surface area (Å²) < 4.78 is 0. The fraction of sp³-hybridized carbons (Fsp3) is 0.235. The standard InChI is InChI=1S/C17H17N5O3S/c1-11(13-4-2-3-7-18-13)20-14-6-5-12(10-15(14)22(24)25)16(23)21-17-19-8-9-26-17/h2-7,10-11,20H,8-9H2,1H3,(H,19,21,23). The second-order valence-corrected chi connectivity index (χ2v) is 6.68. The summed E-state index contributed by atoms with van der Waals surface area (Å²) in [6.07, 6.45) is 1.67. The molecule has 2 heterocycles. The molecular formula is C17H17N5O3S. The van der Waals surface area contributed by atoms with Gasteiger partial charge in [-0.05, 0) is 31.2 Å². The van der Waals surface area contributed by atoms with Crippen LogP contribution in [0.1, 0.15) is 29.0 Å². The third-order valence-electron chi connectivity index (χ3n) is 3.77. The third-order valence-corrected chi connectivity index (χ3v) is 4.66. The van der Waals surface area contributed by atoms with Gasteiger partial charge in [0.2, 0.25) is 0 Å². The maximum atomic E-state index is 12.3. The highest BCUT2D eigenvalue weighted by Crippen LogP contribution is 2.29. The van der Waals surface area contributed by atoms with E-state index in [9.17, 15) is 14.9 Å².